The fourth-order valence-corrected chi connectivity index (χ4v) is 3.83. The molecule has 130 valence electrons. The number of para-hydroxylation sites is 1. The third-order valence-electron chi connectivity index (χ3n) is 5.27. The summed E-state index contributed by atoms with van der Waals surface area (Å²) in [7, 11) is 0. The molecule has 0 amide bonds. The topological polar surface area (TPSA) is 48.0 Å². The van der Waals surface area contributed by atoms with E-state index >= 15 is 0 Å². The Hall–Kier alpha value is -2.40. The molecule has 0 fully saturated rings. The van der Waals surface area contributed by atoms with Crippen molar-refractivity contribution in [2.75, 3.05) is 5.32 Å². The van der Waals surface area contributed by atoms with Gasteiger partial charge in [-0.2, -0.15) is 0 Å². The zero-order chi connectivity index (χ0) is 17.9. The fraction of sp³-hybridized carbons (Fsp3) is 0.300. The summed E-state index contributed by atoms with van der Waals surface area (Å²) in [6.07, 6.45) is 1.07. The minimum Gasteiger partial charge on any atom is -0.390 e. The Bertz CT molecular complexity index is 977. The summed E-state index contributed by atoms with van der Waals surface area (Å²) in [5.74, 6) is -2.10. The van der Waals surface area contributed by atoms with Crippen molar-refractivity contribution < 1.29 is 13.9 Å². The van der Waals surface area contributed by atoms with Crippen LogP contribution in [0.3, 0.4) is 0 Å². The Labute approximate surface area is 144 Å². The molecule has 0 bridgehead atoms. The number of hydrogen-bond donors (Lipinski definition) is 3. The van der Waals surface area contributed by atoms with Crippen LogP contribution in [0.15, 0.2) is 36.5 Å². The fourth-order valence-electron chi connectivity index (χ4n) is 3.83. The van der Waals surface area contributed by atoms with E-state index in [1.54, 1.807) is 32.2 Å². The number of benzene rings is 2. The zero-order valence-electron chi connectivity index (χ0n) is 14.3. The molecule has 25 heavy (non-hydrogen) atoms. The van der Waals surface area contributed by atoms with Gasteiger partial charge in [-0.1, -0.05) is 25.1 Å². The van der Waals surface area contributed by atoms with Crippen LogP contribution >= 0.6 is 0 Å². The maximum absolute atomic E-state index is 14.9. The van der Waals surface area contributed by atoms with Gasteiger partial charge >= 0.3 is 0 Å². The summed E-state index contributed by atoms with van der Waals surface area (Å²) in [5, 5.41) is 14.4. The molecule has 0 radical (unpaired) electrons. The standard InChI is InChI=1S/C20H20F2N2O/c1-10-13-9-14(12-6-4-5-11-7-8-23-17(11)12)15(21)16(22)18(13)24-20(2,3)19(10)25/h4-10,19,23-25H,1-3H3/t10-,19+/m0/s1. The SMILES string of the molecule is C[C@H]1c2cc(-c3cccc4cc[nH]c34)c(F)c(F)c2NC(C)(C)[C@@H]1O. The quantitative estimate of drug-likeness (QED) is 0.596. The molecule has 3 N–H and O–H groups in total. The number of aliphatic hydroxyl groups excluding tert-OH is 1. The van der Waals surface area contributed by atoms with E-state index in [0.717, 1.165) is 10.9 Å². The molecule has 0 spiro atoms. The van der Waals surface area contributed by atoms with Crippen LogP contribution in [0.1, 0.15) is 32.3 Å². The second-order valence-electron chi connectivity index (χ2n) is 7.34. The summed E-state index contributed by atoms with van der Waals surface area (Å²) >= 11 is 0. The zero-order valence-corrected chi connectivity index (χ0v) is 14.3. The first kappa shape index (κ1) is 16.1. The lowest BCUT2D eigenvalue weighted by atomic mass is 9.78. The lowest BCUT2D eigenvalue weighted by Gasteiger charge is -2.42. The Morgan fingerprint density at radius 1 is 1.08 bits per heavy atom. The van der Waals surface area contributed by atoms with Crippen LogP contribution in [0.2, 0.25) is 0 Å². The normalized spacial score (nSPS) is 21.8. The Balaban J connectivity index is 1.99. The predicted molar refractivity (Wildman–Crippen MR) is 95.8 cm³/mol. The number of rotatable bonds is 1. The number of anilines is 1. The highest BCUT2D eigenvalue weighted by molar-refractivity contribution is 5.94. The summed E-state index contributed by atoms with van der Waals surface area (Å²) in [4.78, 5) is 3.09. The predicted octanol–water partition coefficient (Wildman–Crippen LogP) is 4.78. The van der Waals surface area contributed by atoms with Crippen molar-refractivity contribution in [1.29, 1.82) is 0 Å². The molecular weight excluding hydrogens is 322 g/mol. The third-order valence-corrected chi connectivity index (χ3v) is 5.27. The van der Waals surface area contributed by atoms with Crippen molar-refractivity contribution in [3.63, 3.8) is 0 Å². The van der Waals surface area contributed by atoms with Gasteiger partial charge in [0.25, 0.3) is 0 Å². The number of H-pyrrole nitrogens is 1. The number of hydrogen-bond acceptors (Lipinski definition) is 2. The monoisotopic (exact) mass is 342 g/mol. The molecule has 3 nitrogen and oxygen atoms in total. The van der Waals surface area contributed by atoms with Gasteiger partial charge in [-0.25, -0.2) is 8.78 Å². The van der Waals surface area contributed by atoms with E-state index in [1.807, 2.05) is 25.1 Å². The molecule has 2 atom stereocenters. The van der Waals surface area contributed by atoms with Gasteiger partial charge in [-0.15, -0.1) is 0 Å². The van der Waals surface area contributed by atoms with Gasteiger partial charge in [0.1, 0.15) is 0 Å². The molecular formula is C20H20F2N2O. The van der Waals surface area contributed by atoms with E-state index in [0.29, 0.717) is 11.1 Å². The smallest absolute Gasteiger partial charge is 0.182 e. The summed E-state index contributed by atoms with van der Waals surface area (Å²) in [6, 6.07) is 9.05. The molecule has 3 aromatic rings. The van der Waals surface area contributed by atoms with Gasteiger partial charge in [-0.05, 0) is 36.9 Å². The highest BCUT2D eigenvalue weighted by Crippen LogP contribution is 2.44. The lowest BCUT2D eigenvalue weighted by molar-refractivity contribution is 0.0863. The second kappa shape index (κ2) is 5.30. The van der Waals surface area contributed by atoms with Gasteiger partial charge in [0, 0.05) is 23.2 Å². The molecule has 0 saturated heterocycles. The highest BCUT2D eigenvalue weighted by atomic mass is 19.2. The number of nitrogens with one attached hydrogen (secondary N) is 2. The first-order chi connectivity index (χ1) is 11.8. The lowest BCUT2D eigenvalue weighted by Crippen LogP contribution is -2.50. The number of aromatic amines is 1. The molecule has 0 aliphatic carbocycles. The van der Waals surface area contributed by atoms with Crippen LogP contribution in [0.4, 0.5) is 14.5 Å². The number of fused-ring (bicyclic) bond motifs is 2. The molecule has 0 unspecified atom stereocenters. The Morgan fingerprint density at radius 3 is 2.60 bits per heavy atom. The van der Waals surface area contributed by atoms with E-state index in [1.165, 1.54) is 0 Å². The number of aromatic nitrogens is 1. The molecule has 1 aromatic heterocycles. The van der Waals surface area contributed by atoms with Crippen LogP contribution in [0, 0.1) is 11.6 Å². The van der Waals surface area contributed by atoms with Gasteiger partial charge in [0.05, 0.1) is 22.8 Å². The van der Waals surface area contributed by atoms with E-state index in [-0.39, 0.29) is 17.2 Å². The van der Waals surface area contributed by atoms with Gasteiger partial charge in [0.2, 0.25) is 0 Å². The molecule has 1 aliphatic heterocycles. The van der Waals surface area contributed by atoms with Gasteiger partial charge < -0.3 is 15.4 Å². The van der Waals surface area contributed by atoms with E-state index in [2.05, 4.69) is 10.3 Å². The molecule has 2 aromatic carbocycles. The van der Waals surface area contributed by atoms with Crippen molar-refractivity contribution in [2.45, 2.75) is 38.3 Å². The third kappa shape index (κ3) is 2.26. The van der Waals surface area contributed by atoms with Crippen LogP contribution in [0.25, 0.3) is 22.0 Å². The average molecular weight is 342 g/mol. The van der Waals surface area contributed by atoms with E-state index in [4.69, 9.17) is 0 Å². The second-order valence-corrected chi connectivity index (χ2v) is 7.34. The van der Waals surface area contributed by atoms with Crippen molar-refractivity contribution in [3.05, 3.63) is 53.7 Å². The average Bonchev–Trinajstić information content (AvgIpc) is 3.06. The maximum Gasteiger partial charge on any atom is 0.182 e. The minimum atomic E-state index is -0.900. The Morgan fingerprint density at radius 2 is 1.84 bits per heavy atom. The van der Waals surface area contributed by atoms with Crippen LogP contribution in [-0.4, -0.2) is 21.7 Å². The summed E-state index contributed by atoms with van der Waals surface area (Å²) < 4.78 is 29.8. The molecule has 0 saturated carbocycles. The van der Waals surface area contributed by atoms with Gasteiger partial charge in [-0.3, -0.25) is 0 Å². The van der Waals surface area contributed by atoms with Crippen LogP contribution in [-0.2, 0) is 0 Å². The minimum absolute atomic E-state index is 0.141. The summed E-state index contributed by atoms with van der Waals surface area (Å²) in [5.41, 5.74) is 1.56. The highest BCUT2D eigenvalue weighted by Gasteiger charge is 2.40. The molecule has 5 heteroatoms. The Kier molecular flexibility index (Phi) is 3.41. The van der Waals surface area contributed by atoms with Crippen LogP contribution < -0.4 is 5.32 Å². The van der Waals surface area contributed by atoms with Crippen molar-refractivity contribution in [2.24, 2.45) is 0 Å². The van der Waals surface area contributed by atoms with Crippen molar-refractivity contribution in [3.8, 4) is 11.1 Å². The number of halogens is 2. The maximum atomic E-state index is 14.9. The van der Waals surface area contributed by atoms with Crippen molar-refractivity contribution in [1.82, 2.24) is 4.98 Å². The van der Waals surface area contributed by atoms with Crippen LogP contribution in [0.5, 0.6) is 0 Å². The van der Waals surface area contributed by atoms with E-state index in [9.17, 15) is 13.9 Å². The summed E-state index contributed by atoms with van der Waals surface area (Å²) in [6.45, 7) is 5.40. The molecule has 4 rings (SSSR count). The van der Waals surface area contributed by atoms with Crippen molar-refractivity contribution >= 4 is 16.6 Å². The molecule has 2 heterocycles. The largest absolute Gasteiger partial charge is 0.390 e. The number of aliphatic hydroxyl groups is 1. The first-order valence-corrected chi connectivity index (χ1v) is 8.36. The molecule has 1 aliphatic rings. The first-order valence-electron chi connectivity index (χ1n) is 8.36. The van der Waals surface area contributed by atoms with Gasteiger partial charge in [0.15, 0.2) is 11.6 Å². The van der Waals surface area contributed by atoms with E-state index < -0.39 is 23.3 Å².